The molecule has 0 aromatic heterocycles. The molecular weight excluding hydrogens is 136 g/mol. The van der Waals surface area contributed by atoms with Gasteiger partial charge in [-0.2, -0.15) is 0 Å². The molecule has 0 radical (unpaired) electrons. The van der Waals surface area contributed by atoms with Crippen LogP contribution in [0.4, 0.5) is 0 Å². The Morgan fingerprint density at radius 1 is 1.25 bits per heavy atom. The third kappa shape index (κ3) is 15.5. The molecule has 26 valence electrons. The molecule has 0 N–H and O–H groups in total. The molecule has 4 heavy (non-hydrogen) atoms. The molecule has 0 aromatic rings. The van der Waals surface area contributed by atoms with Gasteiger partial charge in [0, 0.05) is 34.4 Å². The van der Waals surface area contributed by atoms with Gasteiger partial charge in [0.25, 0.3) is 0 Å². The molecule has 0 heterocycles. The maximum Gasteiger partial charge on any atom is 0.106 e. The summed E-state index contributed by atoms with van der Waals surface area (Å²) in [6, 6.07) is 0. The largest absolute Gasteiger partial charge is 0.307 e. The molecule has 3 heteroatoms. The van der Waals surface area contributed by atoms with Crippen LogP contribution in [-0.2, 0) is 39.2 Å². The van der Waals surface area contributed by atoms with Gasteiger partial charge in [0.05, 0.1) is 0 Å². The van der Waals surface area contributed by atoms with E-state index < -0.39 is 0 Å². The fourth-order valence-corrected chi connectivity index (χ4v) is 0. The second-order valence-corrected chi connectivity index (χ2v) is 0. The Bertz CT molecular complexity index is 8.00. The van der Waals surface area contributed by atoms with E-state index in [0.717, 1.165) is 0 Å². The van der Waals surface area contributed by atoms with Gasteiger partial charge in [0.1, 0.15) is 6.79 Å². The molecule has 0 atom stereocenters. The van der Waals surface area contributed by atoms with Gasteiger partial charge in [-0.05, 0) is 0 Å². The monoisotopic (exact) mass is 138 g/mol. The van der Waals surface area contributed by atoms with Crippen LogP contribution in [0.15, 0.2) is 0 Å². The van der Waals surface area contributed by atoms with E-state index in [1.54, 1.807) is 0 Å². The smallest absolute Gasteiger partial charge is 0.106 e. The molecule has 0 unspecified atom stereocenters. The molecule has 0 spiro atoms. The minimum absolute atomic E-state index is 0. The molecule has 0 saturated carbocycles. The fraction of sp³-hybridized carbons (Fsp3) is 0. The number of carbonyl (C=O) groups excluding carboxylic acids is 1. The first-order valence-electron chi connectivity index (χ1n) is 0.289. The van der Waals surface area contributed by atoms with E-state index in [4.69, 9.17) is 4.79 Å². The van der Waals surface area contributed by atoms with Crippen molar-refractivity contribution in [3.63, 3.8) is 0 Å². The Morgan fingerprint density at radius 2 is 1.25 bits per heavy atom. The van der Waals surface area contributed by atoms with Crippen molar-refractivity contribution in [3.05, 3.63) is 0 Å². The van der Waals surface area contributed by atoms with Gasteiger partial charge < -0.3 is 4.79 Å². The SMILES string of the molecule is C=O.[Cr].[Fe]. The van der Waals surface area contributed by atoms with Crippen LogP contribution in [0.1, 0.15) is 0 Å². The Hall–Kier alpha value is 0.722. The van der Waals surface area contributed by atoms with Crippen LogP contribution in [0.5, 0.6) is 0 Å². The standard InChI is InChI=1S/CH2O.Cr.Fe/c1-2;;/h1H2;;. The van der Waals surface area contributed by atoms with Crippen LogP contribution in [0.25, 0.3) is 0 Å². The van der Waals surface area contributed by atoms with Crippen molar-refractivity contribution < 1.29 is 39.2 Å². The Kier molecular flexibility index (Phi) is 292. The van der Waals surface area contributed by atoms with Gasteiger partial charge in [0.15, 0.2) is 0 Å². The second-order valence-electron chi connectivity index (χ2n) is 0. The normalized spacial score (nSPS) is 1.00. The third-order valence-electron chi connectivity index (χ3n) is 0. The van der Waals surface area contributed by atoms with Crippen LogP contribution >= 0.6 is 0 Å². The number of hydrogen-bond acceptors (Lipinski definition) is 1. The van der Waals surface area contributed by atoms with E-state index in [2.05, 4.69) is 0 Å². The summed E-state index contributed by atoms with van der Waals surface area (Å²) in [5.74, 6) is 0. The Labute approximate surface area is 46.4 Å². The van der Waals surface area contributed by atoms with Crippen molar-refractivity contribution in [2.75, 3.05) is 0 Å². The maximum absolute atomic E-state index is 8.00. The van der Waals surface area contributed by atoms with Crippen molar-refractivity contribution >= 4 is 6.79 Å². The first-order valence-corrected chi connectivity index (χ1v) is 0.289. The van der Waals surface area contributed by atoms with Crippen LogP contribution in [0.3, 0.4) is 0 Å². The van der Waals surface area contributed by atoms with E-state index in [1.165, 1.54) is 0 Å². The van der Waals surface area contributed by atoms with Gasteiger partial charge in [-0.25, -0.2) is 0 Å². The van der Waals surface area contributed by atoms with E-state index in [9.17, 15) is 0 Å². The summed E-state index contributed by atoms with van der Waals surface area (Å²) in [4.78, 5) is 8.00. The molecule has 1 nitrogen and oxygen atoms in total. The van der Waals surface area contributed by atoms with Gasteiger partial charge in [-0.15, -0.1) is 0 Å². The summed E-state index contributed by atoms with van der Waals surface area (Å²) < 4.78 is 0. The third-order valence-corrected chi connectivity index (χ3v) is 0. The molecule has 0 aromatic carbocycles. The van der Waals surface area contributed by atoms with E-state index in [0.29, 0.717) is 0 Å². The predicted octanol–water partition coefficient (Wildman–Crippen LogP) is -0.190. The zero-order valence-electron chi connectivity index (χ0n) is 1.88. The molecular formula is CH2CrFeO. The summed E-state index contributed by atoms with van der Waals surface area (Å²) in [6.07, 6.45) is 0. The maximum atomic E-state index is 8.00. The molecule has 0 fully saturated rings. The molecule has 0 aliphatic heterocycles. The topological polar surface area (TPSA) is 17.1 Å². The van der Waals surface area contributed by atoms with Crippen molar-refractivity contribution in [1.29, 1.82) is 0 Å². The zero-order chi connectivity index (χ0) is 2.00. The molecule has 0 amide bonds. The summed E-state index contributed by atoms with van der Waals surface area (Å²) >= 11 is 0. The van der Waals surface area contributed by atoms with E-state index in [1.807, 2.05) is 6.79 Å². The van der Waals surface area contributed by atoms with Crippen LogP contribution < -0.4 is 0 Å². The zero-order valence-corrected chi connectivity index (χ0v) is 4.26. The molecule has 0 aliphatic carbocycles. The van der Waals surface area contributed by atoms with Crippen LogP contribution in [-0.4, -0.2) is 6.79 Å². The molecule has 0 bridgehead atoms. The van der Waals surface area contributed by atoms with Crippen LogP contribution in [0, 0.1) is 0 Å². The van der Waals surface area contributed by atoms with Crippen molar-refractivity contribution in [3.8, 4) is 0 Å². The quantitative estimate of drug-likeness (QED) is 0.424. The number of hydrogen-bond donors (Lipinski definition) is 0. The minimum atomic E-state index is 0. The average Bonchev–Trinajstić information content (AvgIpc) is 1.00. The van der Waals surface area contributed by atoms with Crippen molar-refractivity contribution in [2.24, 2.45) is 0 Å². The number of carbonyl (C=O) groups is 1. The fourth-order valence-electron chi connectivity index (χ4n) is 0. The first kappa shape index (κ1) is 22.1. The average molecular weight is 138 g/mol. The Morgan fingerprint density at radius 3 is 1.25 bits per heavy atom. The summed E-state index contributed by atoms with van der Waals surface area (Å²) in [5.41, 5.74) is 0. The van der Waals surface area contributed by atoms with Crippen LogP contribution in [0.2, 0.25) is 0 Å². The molecule has 0 aliphatic rings. The second kappa shape index (κ2) is 52.9. The van der Waals surface area contributed by atoms with E-state index >= 15 is 0 Å². The number of rotatable bonds is 0. The Balaban J connectivity index is -0.00000000500. The minimum Gasteiger partial charge on any atom is -0.307 e. The van der Waals surface area contributed by atoms with E-state index in [-0.39, 0.29) is 34.4 Å². The van der Waals surface area contributed by atoms with Gasteiger partial charge in [0.2, 0.25) is 0 Å². The van der Waals surface area contributed by atoms with Crippen molar-refractivity contribution in [2.45, 2.75) is 0 Å². The predicted molar refractivity (Wildman–Crippen MR) is 7.12 cm³/mol. The van der Waals surface area contributed by atoms with Gasteiger partial charge >= 0.3 is 0 Å². The summed E-state index contributed by atoms with van der Waals surface area (Å²) in [6.45, 7) is 2.00. The molecule has 0 rings (SSSR count). The first-order chi connectivity index (χ1) is 1.00. The summed E-state index contributed by atoms with van der Waals surface area (Å²) in [7, 11) is 0. The molecule has 0 saturated heterocycles. The van der Waals surface area contributed by atoms with Gasteiger partial charge in [-0.1, -0.05) is 0 Å². The van der Waals surface area contributed by atoms with Gasteiger partial charge in [-0.3, -0.25) is 0 Å². The summed E-state index contributed by atoms with van der Waals surface area (Å²) in [5, 5.41) is 0. The van der Waals surface area contributed by atoms with Crippen molar-refractivity contribution in [1.82, 2.24) is 0 Å².